The largest absolute Gasteiger partial charge is 0.294 e. The van der Waals surface area contributed by atoms with Crippen molar-refractivity contribution in [2.75, 3.05) is 0 Å². The van der Waals surface area contributed by atoms with Crippen LogP contribution in [-0.2, 0) is 0 Å². The Morgan fingerprint density at radius 2 is 0.262 bits per heavy atom. The molecule has 2 bridgehead atoms. The fourth-order valence-corrected chi connectivity index (χ4v) is 34.9. The summed E-state index contributed by atoms with van der Waals surface area (Å²) in [5, 5.41) is 0. The van der Waals surface area contributed by atoms with Gasteiger partial charge in [0.05, 0.1) is 0 Å². The highest BCUT2D eigenvalue weighted by molar-refractivity contribution is 5.09. The summed E-state index contributed by atoms with van der Waals surface area (Å²) in [7, 11) is 0. The lowest BCUT2D eigenvalue weighted by Gasteiger charge is -2.45. The zero-order valence-electron chi connectivity index (χ0n) is 84.9. The molecule has 15 aliphatic rings. The van der Waals surface area contributed by atoms with Crippen LogP contribution in [0.1, 0.15) is 629 Å². The maximum atomic E-state index is 3.55. The monoisotopic (exact) mass is 1740 g/mol. The Balaban J connectivity index is 0.796. The Bertz CT molecular complexity index is 2660. The zero-order valence-corrected chi connectivity index (χ0v) is 84.9. The lowest BCUT2D eigenvalue weighted by Crippen LogP contribution is -2.50. The van der Waals surface area contributed by atoms with Crippen molar-refractivity contribution in [1.82, 2.24) is 19.6 Å². The molecule has 0 saturated heterocycles. The average molecular weight is 1740 g/mol. The van der Waals surface area contributed by atoms with Gasteiger partial charge in [0, 0.05) is 72.5 Å². The molecule has 15 fully saturated rings. The van der Waals surface area contributed by atoms with E-state index in [0.29, 0.717) is 0 Å². The molecule has 0 amide bonds. The molecule has 15 aliphatic carbocycles. The number of nitrogens with zero attached hydrogens (tertiary/aromatic N) is 4. The quantitative estimate of drug-likeness (QED) is 0.193. The van der Waals surface area contributed by atoms with Gasteiger partial charge in [0.2, 0.25) is 0 Å². The van der Waals surface area contributed by atoms with E-state index in [-0.39, 0.29) is 0 Å². The van der Waals surface area contributed by atoms with Crippen LogP contribution in [0.25, 0.3) is 0 Å². The van der Waals surface area contributed by atoms with E-state index in [0.717, 1.165) is 144 Å². The minimum atomic E-state index is 0.830. The third-order valence-corrected chi connectivity index (χ3v) is 41.5. The summed E-state index contributed by atoms with van der Waals surface area (Å²) >= 11 is 0. The fraction of sp³-hybridized carbons (Fsp3) is 1.00. The Kier molecular flexibility index (Phi) is 46.1. The van der Waals surface area contributed by atoms with E-state index in [1.165, 1.54) is 424 Å². The number of hydrogen-bond donors (Lipinski definition) is 0. The second kappa shape index (κ2) is 57.9. The molecule has 17 atom stereocenters. The Morgan fingerprint density at radius 1 is 0.0952 bits per heavy atom. The first-order valence-corrected chi connectivity index (χ1v) is 61.8. The second-order valence-electron chi connectivity index (χ2n) is 50.1. The first kappa shape index (κ1) is 100. The summed E-state index contributed by atoms with van der Waals surface area (Å²) in [6.45, 7) is 0. The van der Waals surface area contributed by atoms with Crippen molar-refractivity contribution in [1.29, 1.82) is 0 Å². The predicted octanol–water partition coefficient (Wildman–Crippen LogP) is 37.4. The van der Waals surface area contributed by atoms with Gasteiger partial charge in [-0.15, -0.1) is 0 Å². The van der Waals surface area contributed by atoms with Gasteiger partial charge in [-0.1, -0.05) is 424 Å². The van der Waals surface area contributed by atoms with Crippen LogP contribution in [0, 0.1) is 71.0 Å². The van der Waals surface area contributed by atoms with Gasteiger partial charge in [-0.2, -0.15) is 0 Å². The van der Waals surface area contributed by atoms with E-state index >= 15 is 0 Å². The van der Waals surface area contributed by atoms with Gasteiger partial charge >= 0.3 is 0 Å². The first-order chi connectivity index (χ1) is 62.7. The molecule has 0 aromatic rings. The molecular weight excluding hydrogens is 1520 g/mol. The Hall–Kier alpha value is -0.160. The second-order valence-corrected chi connectivity index (χ2v) is 50.1. The van der Waals surface area contributed by atoms with E-state index in [1.807, 2.05) is 0 Å². The molecule has 15 rings (SSSR count). The van der Waals surface area contributed by atoms with Crippen molar-refractivity contribution in [3.63, 3.8) is 0 Å². The van der Waals surface area contributed by atoms with E-state index in [4.69, 9.17) is 0 Å². The molecule has 4 heteroatoms. The van der Waals surface area contributed by atoms with Gasteiger partial charge in [0.1, 0.15) is 0 Å². The van der Waals surface area contributed by atoms with E-state index in [1.54, 1.807) is 205 Å². The molecule has 0 heterocycles. The number of hydrogen-bond acceptors (Lipinski definition) is 4. The maximum Gasteiger partial charge on any atom is 0.0104 e. The van der Waals surface area contributed by atoms with Crippen LogP contribution in [0.5, 0.6) is 0 Å². The van der Waals surface area contributed by atoms with Crippen LogP contribution in [0.2, 0.25) is 0 Å². The molecule has 0 aromatic carbocycles. The molecule has 17 unspecified atom stereocenters. The van der Waals surface area contributed by atoms with Gasteiger partial charge in [-0.3, -0.25) is 19.6 Å². The third kappa shape index (κ3) is 32.0. The van der Waals surface area contributed by atoms with Crippen molar-refractivity contribution in [3.8, 4) is 0 Å². The molecule has 728 valence electrons. The van der Waals surface area contributed by atoms with Crippen molar-refractivity contribution in [3.05, 3.63) is 0 Å². The van der Waals surface area contributed by atoms with E-state index < -0.39 is 0 Å². The predicted molar refractivity (Wildman–Crippen MR) is 547 cm³/mol. The molecule has 0 N–H and O–H groups in total. The topological polar surface area (TPSA) is 13.0 Å². The first-order valence-electron chi connectivity index (χ1n) is 61.8. The van der Waals surface area contributed by atoms with Crippen LogP contribution < -0.4 is 0 Å². The summed E-state index contributed by atoms with van der Waals surface area (Å²) in [5.74, 6) is 12.0. The minimum absolute atomic E-state index is 0.830. The van der Waals surface area contributed by atoms with E-state index in [9.17, 15) is 0 Å². The molecule has 0 aromatic heterocycles. The standard InChI is InChI=1S/C122H220N4/c1-5-19-33-67-104(68-34-20-6-1)123(105-69-35-21-7-2-8-22-36-70-105)110-81-51-47-63-99-95-101(65-49-52-82-110)116-90-58-55-84-111(124(107-73-41-27-13-14-28-42-74-107)106-71-37-23-9-3-10-24-38-72-106)85-57-60-92-118(116)121-120-94-62-89-114(125(109-77-43-29-15-16-30-44-78-109)108-75-39-25-11-4-12-26-40-76-108)88-61-93-119(122(120)121)117-91-59-56-86-113(83-53-50-66-102(117)96-99)126(112-79-45-31-17-18-32-46-80-112)115-87-54-48-64-100-97-103(100)98-115/h99-122H,1-98H2. The molecule has 0 aliphatic heterocycles. The van der Waals surface area contributed by atoms with Gasteiger partial charge < -0.3 is 0 Å². The average Bonchev–Trinajstić information content (AvgIpc) is 1.57. The lowest BCUT2D eigenvalue weighted by molar-refractivity contribution is 0.0367. The lowest BCUT2D eigenvalue weighted by atomic mass is 9.67. The van der Waals surface area contributed by atoms with Gasteiger partial charge in [0.25, 0.3) is 0 Å². The van der Waals surface area contributed by atoms with Crippen LogP contribution in [-0.4, -0.2) is 92.1 Å². The SMILES string of the molecule is C1CCCCC(N(C2CCCCCCCCC2)C2CCCCC3CC(CCCC2)C2CCCCC(N(C4CCCCCCCCC4)C4CCCCCCCC4)CCCCC2C2C4CCCC(N(C5CCCCCCCCC5)C5CCCCCCCC5)CCCC(C5CCCCC(N(C6CCCCCCCC6)C6CCCCC7CC7C6)CCCCC5C3)C42)CCCC1. The summed E-state index contributed by atoms with van der Waals surface area (Å²) < 4.78 is 0. The van der Waals surface area contributed by atoms with Gasteiger partial charge in [0.15, 0.2) is 0 Å². The van der Waals surface area contributed by atoms with Crippen molar-refractivity contribution in [2.45, 2.75) is 702 Å². The van der Waals surface area contributed by atoms with Crippen LogP contribution in [0.3, 0.4) is 0 Å². The zero-order chi connectivity index (χ0) is 85.5. The van der Waals surface area contributed by atoms with Crippen molar-refractivity contribution >= 4 is 0 Å². The Morgan fingerprint density at radius 3 is 0.524 bits per heavy atom. The highest BCUT2D eigenvalue weighted by Gasteiger charge is 2.60. The van der Waals surface area contributed by atoms with E-state index in [2.05, 4.69) is 19.6 Å². The highest BCUT2D eigenvalue weighted by Crippen LogP contribution is 2.66. The van der Waals surface area contributed by atoms with Crippen LogP contribution >= 0.6 is 0 Å². The fourth-order valence-electron chi connectivity index (χ4n) is 34.9. The van der Waals surface area contributed by atoms with Crippen LogP contribution in [0.15, 0.2) is 0 Å². The van der Waals surface area contributed by atoms with Gasteiger partial charge in [-0.25, -0.2) is 0 Å². The van der Waals surface area contributed by atoms with Gasteiger partial charge in [-0.05, 0) is 276 Å². The van der Waals surface area contributed by atoms with Crippen molar-refractivity contribution in [2.24, 2.45) is 71.0 Å². The molecule has 126 heavy (non-hydrogen) atoms. The summed E-state index contributed by atoms with van der Waals surface area (Å²) in [6, 6.07) is 10.2. The number of fused-ring (bicyclic) bond motifs is 9. The molecular formula is C122H220N4. The summed E-state index contributed by atoms with van der Waals surface area (Å²) in [5.41, 5.74) is 0. The number of rotatable bonds is 12. The minimum Gasteiger partial charge on any atom is -0.294 e. The third-order valence-electron chi connectivity index (χ3n) is 41.5. The molecule has 15 saturated carbocycles. The van der Waals surface area contributed by atoms with Crippen LogP contribution in [0.4, 0.5) is 0 Å². The smallest absolute Gasteiger partial charge is 0.0104 e. The summed E-state index contributed by atoms with van der Waals surface area (Å²) in [4.78, 5) is 14.1. The normalized spacial score (nSPS) is 37.1. The maximum absolute atomic E-state index is 3.55. The molecule has 4 nitrogen and oxygen atoms in total. The summed E-state index contributed by atoms with van der Waals surface area (Å²) in [6.07, 6.45) is 151. The Labute approximate surface area is 787 Å². The van der Waals surface area contributed by atoms with Crippen molar-refractivity contribution < 1.29 is 0 Å². The molecule has 0 radical (unpaired) electrons. The molecule has 0 spiro atoms. The highest BCUT2D eigenvalue weighted by atomic mass is 15.2.